The van der Waals surface area contributed by atoms with Crippen molar-refractivity contribution in [2.75, 3.05) is 12.8 Å². The summed E-state index contributed by atoms with van der Waals surface area (Å²) in [5, 5.41) is 0. The van der Waals surface area contributed by atoms with Crippen LogP contribution in [0.25, 0.3) is 0 Å². The average Bonchev–Trinajstić information content (AvgIpc) is 2.11. The fraction of sp³-hybridized carbons (Fsp3) is 1.00. The topological polar surface area (TPSA) is 26.3 Å². The van der Waals surface area contributed by atoms with E-state index in [-0.39, 0.29) is 0 Å². The molecule has 0 aliphatic rings. The van der Waals surface area contributed by atoms with Gasteiger partial charge in [0, 0.05) is 0 Å². The summed E-state index contributed by atoms with van der Waals surface area (Å²) in [5.74, 6) is 0. The molecule has 0 aromatic heterocycles. The van der Waals surface area contributed by atoms with Crippen molar-refractivity contribution < 1.29 is 9.09 Å². The van der Waals surface area contributed by atoms with Crippen LogP contribution in [0.4, 0.5) is 0 Å². The molecule has 13 heavy (non-hydrogen) atoms. The van der Waals surface area contributed by atoms with Gasteiger partial charge in [-0.3, -0.25) is 0 Å². The molecule has 0 saturated carbocycles. The van der Waals surface area contributed by atoms with Crippen molar-refractivity contribution in [3.63, 3.8) is 0 Å². The van der Waals surface area contributed by atoms with E-state index in [2.05, 4.69) is 6.92 Å². The van der Waals surface area contributed by atoms with Crippen LogP contribution in [0, 0.1) is 0 Å². The first-order chi connectivity index (χ1) is 6.31. The van der Waals surface area contributed by atoms with E-state index in [1.54, 1.807) is 0 Å². The van der Waals surface area contributed by atoms with Gasteiger partial charge < -0.3 is 0 Å². The molecule has 0 spiro atoms. The molecule has 0 aromatic carbocycles. The van der Waals surface area contributed by atoms with E-state index in [4.69, 9.17) is 4.52 Å². The summed E-state index contributed by atoms with van der Waals surface area (Å²) in [7, 11) is -1.36. The van der Waals surface area contributed by atoms with Crippen LogP contribution < -0.4 is 0 Å². The third-order valence-electron chi connectivity index (χ3n) is 1.97. The lowest BCUT2D eigenvalue weighted by Gasteiger charge is -1.95. The van der Waals surface area contributed by atoms with Gasteiger partial charge in [-0.2, -0.15) is 0 Å². The molecule has 0 aliphatic heterocycles. The molecule has 1 unspecified atom stereocenters. The van der Waals surface area contributed by atoms with Gasteiger partial charge in [-0.25, -0.2) is 0 Å². The van der Waals surface area contributed by atoms with Crippen LogP contribution in [0.1, 0.15) is 52.4 Å². The molecular weight excluding hydrogens is 183 g/mol. The smallest absolute Gasteiger partial charge is 0.147 e. The van der Waals surface area contributed by atoms with Crippen molar-refractivity contribution in [3.8, 4) is 0 Å². The van der Waals surface area contributed by atoms with Gasteiger partial charge in [-0.15, -0.1) is 4.52 Å². The van der Waals surface area contributed by atoms with E-state index < -0.39 is 8.03 Å². The maximum Gasteiger partial charge on any atom is 0.508 e. The van der Waals surface area contributed by atoms with Crippen molar-refractivity contribution in [1.82, 2.24) is 0 Å². The Bertz CT molecular complexity index is 126. The quantitative estimate of drug-likeness (QED) is 0.418. The molecule has 0 bridgehead atoms. The van der Waals surface area contributed by atoms with Crippen LogP contribution in [-0.2, 0) is 9.09 Å². The molecule has 1 atom stereocenters. The number of unbranched alkanes of at least 4 members (excludes halogenated alkanes) is 5. The monoisotopic (exact) mass is 205 g/mol. The zero-order valence-electron chi connectivity index (χ0n) is 8.92. The first kappa shape index (κ1) is 13.1. The van der Waals surface area contributed by atoms with E-state index in [0.29, 0.717) is 6.61 Å². The van der Waals surface area contributed by atoms with Crippen LogP contribution in [0.5, 0.6) is 0 Å². The number of hydrogen-bond acceptors (Lipinski definition) is 2. The van der Waals surface area contributed by atoms with E-state index in [1.165, 1.54) is 32.1 Å². The van der Waals surface area contributed by atoms with Gasteiger partial charge in [0.1, 0.15) is 0 Å². The molecule has 0 saturated heterocycles. The Kier molecular flexibility index (Phi) is 10.2. The van der Waals surface area contributed by atoms with Gasteiger partial charge in [0.05, 0.1) is 6.61 Å². The maximum atomic E-state index is 11.1. The van der Waals surface area contributed by atoms with Crippen LogP contribution in [0.3, 0.4) is 0 Å². The minimum atomic E-state index is -1.36. The Labute approximate surface area is 82.9 Å². The number of rotatable bonds is 9. The first-order valence-electron chi connectivity index (χ1n) is 5.38. The minimum absolute atomic E-state index is 0.574. The van der Waals surface area contributed by atoms with Crippen molar-refractivity contribution in [1.29, 1.82) is 0 Å². The summed E-state index contributed by atoms with van der Waals surface area (Å²) in [5.41, 5.74) is 0. The summed E-state index contributed by atoms with van der Waals surface area (Å²) in [6.07, 6.45) is 8.22. The lowest BCUT2D eigenvalue weighted by molar-refractivity contribution is 0.349. The second kappa shape index (κ2) is 10.1. The molecule has 2 nitrogen and oxygen atoms in total. The summed E-state index contributed by atoms with van der Waals surface area (Å²) >= 11 is 0. The van der Waals surface area contributed by atoms with Crippen LogP contribution in [0.15, 0.2) is 0 Å². The molecule has 0 N–H and O–H groups in total. The molecule has 0 aliphatic carbocycles. The Hall–Kier alpha value is 0.0600. The highest BCUT2D eigenvalue weighted by Gasteiger charge is 2.14. The molecule has 0 rings (SSSR count). The summed E-state index contributed by atoms with van der Waals surface area (Å²) in [4.78, 5) is 0. The first-order valence-corrected chi connectivity index (χ1v) is 6.75. The highest BCUT2D eigenvalue weighted by molar-refractivity contribution is 7.39. The van der Waals surface area contributed by atoms with Gasteiger partial charge in [0.2, 0.25) is 0 Å². The van der Waals surface area contributed by atoms with Gasteiger partial charge in [-0.1, -0.05) is 32.6 Å². The second-order valence-corrected chi connectivity index (χ2v) is 4.61. The van der Waals surface area contributed by atoms with Gasteiger partial charge in [0.25, 0.3) is 0 Å². The van der Waals surface area contributed by atoms with Crippen molar-refractivity contribution in [3.05, 3.63) is 0 Å². The van der Waals surface area contributed by atoms with Crippen LogP contribution in [-0.4, -0.2) is 12.8 Å². The van der Waals surface area contributed by atoms with E-state index in [9.17, 15) is 4.57 Å². The molecule has 3 heteroatoms. The third-order valence-corrected chi connectivity index (χ3v) is 3.19. The highest BCUT2D eigenvalue weighted by Crippen LogP contribution is 2.23. The van der Waals surface area contributed by atoms with Crippen LogP contribution >= 0.6 is 8.03 Å². The van der Waals surface area contributed by atoms with Gasteiger partial charge >= 0.3 is 8.03 Å². The molecule has 0 fully saturated rings. The van der Waals surface area contributed by atoms with Crippen LogP contribution in [0.2, 0.25) is 0 Å². The molecule has 0 amide bonds. The van der Waals surface area contributed by atoms with Crippen molar-refractivity contribution >= 4 is 8.03 Å². The largest absolute Gasteiger partial charge is 0.508 e. The van der Waals surface area contributed by atoms with Gasteiger partial charge in [-0.05, 0) is 24.3 Å². The maximum absolute atomic E-state index is 11.1. The van der Waals surface area contributed by atoms with E-state index >= 15 is 0 Å². The summed E-state index contributed by atoms with van der Waals surface area (Å²) < 4.78 is 16.0. The lowest BCUT2D eigenvalue weighted by Crippen LogP contribution is -1.85. The third kappa shape index (κ3) is 9.98. The fourth-order valence-corrected chi connectivity index (χ4v) is 2.13. The lowest BCUT2D eigenvalue weighted by atomic mass is 10.1. The van der Waals surface area contributed by atoms with Crippen molar-refractivity contribution in [2.24, 2.45) is 0 Å². The summed E-state index contributed by atoms with van der Waals surface area (Å²) in [6.45, 7) is 4.67. The van der Waals surface area contributed by atoms with Gasteiger partial charge in [0.15, 0.2) is 6.16 Å². The molecule has 0 aromatic rings. The Balaban J connectivity index is 3.02. The number of hydrogen-bond donors (Lipinski definition) is 0. The molecule has 0 radical (unpaired) electrons. The second-order valence-electron chi connectivity index (χ2n) is 3.24. The Morgan fingerprint density at radius 1 is 1.00 bits per heavy atom. The molecule has 78 valence electrons. The fourth-order valence-electron chi connectivity index (χ4n) is 1.23. The normalized spacial score (nSPS) is 11.7. The summed E-state index contributed by atoms with van der Waals surface area (Å²) in [6, 6.07) is 0. The van der Waals surface area contributed by atoms with E-state index in [0.717, 1.165) is 12.6 Å². The Morgan fingerprint density at radius 3 is 2.23 bits per heavy atom. The molecule has 0 heterocycles. The SMILES string of the molecule is CCCCCCCC[P+](=O)OCC. The highest BCUT2D eigenvalue weighted by atomic mass is 31.1. The zero-order valence-corrected chi connectivity index (χ0v) is 9.81. The van der Waals surface area contributed by atoms with E-state index in [1.807, 2.05) is 6.92 Å². The average molecular weight is 205 g/mol. The minimum Gasteiger partial charge on any atom is -0.147 e. The van der Waals surface area contributed by atoms with Crippen molar-refractivity contribution in [2.45, 2.75) is 52.4 Å². The predicted molar refractivity (Wildman–Crippen MR) is 57.5 cm³/mol. The standard InChI is InChI=1S/C10H22O2P/c1-3-5-6-7-8-9-10-13(11)12-4-2/h3-10H2,1-2H3/q+1. The Morgan fingerprint density at radius 2 is 1.62 bits per heavy atom. The molecular formula is C10H22O2P+. The zero-order chi connectivity index (χ0) is 9.94. The predicted octanol–water partition coefficient (Wildman–Crippen LogP) is 4.13.